The van der Waals surface area contributed by atoms with Crippen molar-refractivity contribution in [2.75, 3.05) is 11.9 Å². The van der Waals surface area contributed by atoms with Crippen molar-refractivity contribution in [3.05, 3.63) is 76.6 Å². The molecule has 0 bridgehead atoms. The van der Waals surface area contributed by atoms with Crippen LogP contribution in [0.4, 0.5) is 5.69 Å². The van der Waals surface area contributed by atoms with Crippen molar-refractivity contribution in [1.29, 1.82) is 0 Å². The summed E-state index contributed by atoms with van der Waals surface area (Å²) in [5.74, 6) is 0.994. The summed E-state index contributed by atoms with van der Waals surface area (Å²) in [4.78, 5) is 12.2. The van der Waals surface area contributed by atoms with Gasteiger partial charge in [-0.15, -0.1) is 0 Å². The molecule has 5 heteroatoms. The summed E-state index contributed by atoms with van der Waals surface area (Å²) in [5.41, 5.74) is 6.68. The van der Waals surface area contributed by atoms with Gasteiger partial charge in [0.15, 0.2) is 6.61 Å². The predicted octanol–water partition coefficient (Wildman–Crippen LogP) is 4.77. The molecule has 3 aromatic rings. The second-order valence-corrected chi connectivity index (χ2v) is 7.71. The minimum atomic E-state index is -0.176. The van der Waals surface area contributed by atoms with Gasteiger partial charge < -0.3 is 10.1 Å². The van der Waals surface area contributed by atoms with Gasteiger partial charge in [0.2, 0.25) is 0 Å². The van der Waals surface area contributed by atoms with Gasteiger partial charge >= 0.3 is 0 Å². The molecule has 0 spiro atoms. The van der Waals surface area contributed by atoms with E-state index in [-0.39, 0.29) is 12.5 Å². The van der Waals surface area contributed by atoms with Crippen LogP contribution >= 0.6 is 0 Å². The number of aromatic nitrogens is 2. The summed E-state index contributed by atoms with van der Waals surface area (Å²) in [7, 11) is 1.96. The molecule has 2 aromatic carbocycles. The topological polar surface area (TPSA) is 56.2 Å². The van der Waals surface area contributed by atoms with E-state index in [1.807, 2.05) is 67.2 Å². The zero-order valence-corrected chi connectivity index (χ0v) is 17.8. The molecule has 1 N–H and O–H groups in total. The molecule has 0 saturated heterocycles. The van der Waals surface area contributed by atoms with Gasteiger partial charge in [0.1, 0.15) is 5.75 Å². The number of carbonyl (C=O) groups is 1. The van der Waals surface area contributed by atoms with Crippen molar-refractivity contribution in [3.8, 4) is 5.75 Å². The maximum Gasteiger partial charge on any atom is 0.262 e. The van der Waals surface area contributed by atoms with Gasteiger partial charge in [-0.3, -0.25) is 9.48 Å². The predicted molar refractivity (Wildman–Crippen MR) is 117 cm³/mol. The fourth-order valence-corrected chi connectivity index (χ4v) is 3.28. The van der Waals surface area contributed by atoms with Gasteiger partial charge in [-0.05, 0) is 55.2 Å². The largest absolute Gasteiger partial charge is 0.484 e. The highest BCUT2D eigenvalue weighted by molar-refractivity contribution is 5.91. The number of rotatable bonds is 7. The van der Waals surface area contributed by atoms with Gasteiger partial charge in [-0.2, -0.15) is 5.10 Å². The fraction of sp³-hybridized carbons (Fsp3) is 0.333. The van der Waals surface area contributed by atoms with E-state index in [9.17, 15) is 4.79 Å². The van der Waals surface area contributed by atoms with E-state index in [1.165, 1.54) is 22.4 Å². The number of nitrogens with one attached hydrogen (secondary N) is 1. The van der Waals surface area contributed by atoms with Gasteiger partial charge in [-0.1, -0.05) is 38.1 Å². The van der Waals surface area contributed by atoms with Crippen molar-refractivity contribution < 1.29 is 9.53 Å². The number of ether oxygens (including phenoxy) is 1. The van der Waals surface area contributed by atoms with Crippen LogP contribution in [0.2, 0.25) is 0 Å². The van der Waals surface area contributed by atoms with Crippen LogP contribution in [0.25, 0.3) is 0 Å². The lowest BCUT2D eigenvalue weighted by Gasteiger charge is -2.10. The molecule has 5 nitrogen and oxygen atoms in total. The van der Waals surface area contributed by atoms with Crippen LogP contribution < -0.4 is 10.1 Å². The highest BCUT2D eigenvalue weighted by atomic mass is 16.5. The molecule has 29 heavy (non-hydrogen) atoms. The number of aryl methyl sites for hydroxylation is 2. The van der Waals surface area contributed by atoms with Crippen molar-refractivity contribution in [1.82, 2.24) is 9.78 Å². The van der Waals surface area contributed by atoms with E-state index in [0.29, 0.717) is 11.7 Å². The molecule has 0 aliphatic carbocycles. The molecule has 0 aliphatic rings. The summed E-state index contributed by atoms with van der Waals surface area (Å²) in [6, 6.07) is 15.8. The van der Waals surface area contributed by atoms with Crippen molar-refractivity contribution in [2.45, 2.75) is 40.0 Å². The minimum Gasteiger partial charge on any atom is -0.484 e. The fourth-order valence-electron chi connectivity index (χ4n) is 3.28. The molecule has 0 saturated carbocycles. The normalized spacial score (nSPS) is 11.0. The van der Waals surface area contributed by atoms with E-state index in [4.69, 9.17) is 4.74 Å². The minimum absolute atomic E-state index is 0.0170. The number of anilines is 1. The van der Waals surface area contributed by atoms with Crippen LogP contribution in [0.3, 0.4) is 0 Å². The van der Waals surface area contributed by atoms with Crippen molar-refractivity contribution >= 4 is 11.6 Å². The van der Waals surface area contributed by atoms with Crippen LogP contribution in [0.1, 0.15) is 47.8 Å². The van der Waals surface area contributed by atoms with E-state index in [1.54, 1.807) is 0 Å². The first-order valence-corrected chi connectivity index (χ1v) is 9.94. The lowest BCUT2D eigenvalue weighted by molar-refractivity contribution is -0.118. The first-order chi connectivity index (χ1) is 13.8. The first kappa shape index (κ1) is 20.6. The molecule has 1 aromatic heterocycles. The number of nitrogens with zero attached hydrogens (tertiary/aromatic N) is 2. The van der Waals surface area contributed by atoms with Crippen LogP contribution in [-0.4, -0.2) is 22.3 Å². The summed E-state index contributed by atoms with van der Waals surface area (Å²) < 4.78 is 7.50. The Balaban J connectivity index is 1.53. The Morgan fingerprint density at radius 3 is 2.28 bits per heavy atom. The zero-order chi connectivity index (χ0) is 21.0. The number of benzene rings is 2. The molecule has 3 rings (SSSR count). The van der Waals surface area contributed by atoms with Gasteiger partial charge in [0, 0.05) is 30.4 Å². The Morgan fingerprint density at radius 2 is 1.72 bits per heavy atom. The summed E-state index contributed by atoms with van der Waals surface area (Å²) in [6.07, 6.45) is 0.829. The monoisotopic (exact) mass is 391 g/mol. The molecular weight excluding hydrogens is 362 g/mol. The van der Waals surface area contributed by atoms with E-state index in [2.05, 4.69) is 31.2 Å². The molecule has 1 heterocycles. The average Bonchev–Trinajstić information content (AvgIpc) is 2.94. The Bertz CT molecular complexity index is 971. The van der Waals surface area contributed by atoms with Gasteiger partial charge in [0.05, 0.1) is 5.69 Å². The number of carbonyl (C=O) groups excluding carboxylic acids is 1. The molecule has 0 aliphatic heterocycles. The highest BCUT2D eigenvalue weighted by Crippen LogP contribution is 2.20. The third-order valence-electron chi connectivity index (χ3n) is 5.19. The third-order valence-corrected chi connectivity index (χ3v) is 5.19. The van der Waals surface area contributed by atoms with Crippen LogP contribution in [-0.2, 0) is 18.3 Å². The lowest BCUT2D eigenvalue weighted by Crippen LogP contribution is -2.20. The maximum absolute atomic E-state index is 12.2. The smallest absolute Gasteiger partial charge is 0.262 e. The Kier molecular flexibility index (Phi) is 6.37. The molecule has 0 fully saturated rings. The lowest BCUT2D eigenvalue weighted by atomic mass is 10.0. The maximum atomic E-state index is 12.2. The second kappa shape index (κ2) is 8.95. The SMILES string of the molecule is Cc1nn(C)c(C)c1Cc1ccc(NC(=O)COc2ccc(C(C)C)cc2)cc1. The molecular formula is C24H29N3O2. The van der Waals surface area contributed by atoms with E-state index in [0.717, 1.165) is 17.8 Å². The summed E-state index contributed by atoms with van der Waals surface area (Å²) >= 11 is 0. The standard InChI is InChI=1S/C24H29N3O2/c1-16(2)20-8-12-22(13-9-20)29-15-24(28)25-21-10-6-19(7-11-21)14-23-17(3)26-27(5)18(23)4/h6-13,16H,14-15H2,1-5H3,(H,25,28). The molecule has 0 unspecified atom stereocenters. The summed E-state index contributed by atoms with van der Waals surface area (Å²) in [6.45, 7) is 8.39. The average molecular weight is 392 g/mol. The van der Waals surface area contributed by atoms with E-state index >= 15 is 0 Å². The van der Waals surface area contributed by atoms with Gasteiger partial charge in [-0.25, -0.2) is 0 Å². The number of hydrogen-bond donors (Lipinski definition) is 1. The van der Waals surface area contributed by atoms with Crippen molar-refractivity contribution in [3.63, 3.8) is 0 Å². The first-order valence-electron chi connectivity index (χ1n) is 9.94. The van der Waals surface area contributed by atoms with E-state index < -0.39 is 0 Å². The molecule has 0 atom stereocenters. The molecule has 152 valence electrons. The van der Waals surface area contributed by atoms with Crippen LogP contribution in [0.15, 0.2) is 48.5 Å². The van der Waals surface area contributed by atoms with Crippen molar-refractivity contribution in [2.24, 2.45) is 7.05 Å². The third kappa shape index (κ3) is 5.25. The molecule has 0 radical (unpaired) electrons. The highest BCUT2D eigenvalue weighted by Gasteiger charge is 2.10. The van der Waals surface area contributed by atoms with Gasteiger partial charge in [0.25, 0.3) is 5.91 Å². The number of hydrogen-bond acceptors (Lipinski definition) is 3. The summed E-state index contributed by atoms with van der Waals surface area (Å²) in [5, 5.41) is 7.35. The number of amides is 1. The van der Waals surface area contributed by atoms with Crippen LogP contribution in [0, 0.1) is 13.8 Å². The molecule has 1 amide bonds. The Labute approximate surface area is 172 Å². The Morgan fingerprint density at radius 1 is 1.07 bits per heavy atom. The zero-order valence-electron chi connectivity index (χ0n) is 17.8. The quantitative estimate of drug-likeness (QED) is 0.631. The second-order valence-electron chi connectivity index (χ2n) is 7.71. The Hall–Kier alpha value is -3.08. The van der Waals surface area contributed by atoms with Crippen LogP contribution in [0.5, 0.6) is 5.75 Å².